The monoisotopic (exact) mass is 312 g/mol. The van der Waals surface area contributed by atoms with Crippen LogP contribution in [-0.4, -0.2) is 10.8 Å². The van der Waals surface area contributed by atoms with Crippen LogP contribution in [0.25, 0.3) is 0 Å². The summed E-state index contributed by atoms with van der Waals surface area (Å²) in [5.41, 5.74) is 1.46. The van der Waals surface area contributed by atoms with Crippen LogP contribution in [-0.2, 0) is 10.2 Å². The third-order valence-electron chi connectivity index (χ3n) is 3.16. The van der Waals surface area contributed by atoms with Gasteiger partial charge < -0.3 is 4.98 Å². The largest absolute Gasteiger partial charge is 0.363 e. The number of Topliss-reactive ketones (excluding diaryl/α,β-unsaturated/α-hetero) is 1. The van der Waals surface area contributed by atoms with E-state index in [9.17, 15) is 4.79 Å². The molecule has 0 amide bonds. The first kappa shape index (κ1) is 20.4. The molecule has 0 radical (unpaired) electrons. The van der Waals surface area contributed by atoms with Gasteiger partial charge >= 0.3 is 0 Å². The molecule has 23 heavy (non-hydrogen) atoms. The van der Waals surface area contributed by atoms with Crippen LogP contribution in [0.15, 0.2) is 12.3 Å². The predicted molar refractivity (Wildman–Crippen MR) is 88.0 cm³/mol. The minimum absolute atomic E-state index is 0.0382. The third-order valence-corrected chi connectivity index (χ3v) is 3.16. The summed E-state index contributed by atoms with van der Waals surface area (Å²) in [5.74, 6) is -0.840. The Hall–Kier alpha value is -2.58. The molecule has 0 aliphatic carbocycles. The lowest BCUT2D eigenvalue weighted by atomic mass is 9.86. The lowest BCUT2D eigenvalue weighted by Gasteiger charge is -2.15. The van der Waals surface area contributed by atoms with E-state index in [1.54, 1.807) is 39.1 Å². The van der Waals surface area contributed by atoms with Gasteiger partial charge in [0.2, 0.25) is 0 Å². The van der Waals surface area contributed by atoms with Crippen molar-refractivity contribution in [3.8, 4) is 18.2 Å². The van der Waals surface area contributed by atoms with Gasteiger partial charge in [0.1, 0.15) is 17.8 Å². The molecule has 5 heteroatoms. The van der Waals surface area contributed by atoms with E-state index in [1.807, 2.05) is 6.07 Å². The highest BCUT2D eigenvalue weighted by atomic mass is 16.1. The molecule has 122 valence electrons. The van der Waals surface area contributed by atoms with E-state index in [0.717, 1.165) is 5.69 Å². The van der Waals surface area contributed by atoms with Crippen LogP contribution in [0, 0.1) is 45.3 Å². The van der Waals surface area contributed by atoms with Crippen molar-refractivity contribution in [3.63, 3.8) is 0 Å². The van der Waals surface area contributed by atoms with E-state index in [-0.39, 0.29) is 17.6 Å². The fraction of sp³-hybridized carbons (Fsp3) is 0.556. The first-order valence-electron chi connectivity index (χ1n) is 7.37. The topological polar surface area (TPSA) is 104 Å². The molecule has 0 atom stereocenters. The number of nitrogens with one attached hydrogen (secondary N) is 1. The number of hydrogen-bond donors (Lipinski definition) is 1. The van der Waals surface area contributed by atoms with E-state index >= 15 is 0 Å². The summed E-state index contributed by atoms with van der Waals surface area (Å²) in [6.45, 7) is 11.7. The fourth-order valence-electron chi connectivity index (χ4n) is 1.50. The number of aromatic amines is 1. The van der Waals surface area contributed by atoms with Crippen LogP contribution < -0.4 is 0 Å². The van der Waals surface area contributed by atoms with E-state index in [0.29, 0.717) is 5.56 Å². The van der Waals surface area contributed by atoms with Gasteiger partial charge in [-0.05, 0) is 6.07 Å². The molecule has 1 aromatic rings. The van der Waals surface area contributed by atoms with E-state index in [2.05, 4.69) is 31.8 Å². The Kier molecular flexibility index (Phi) is 7.24. The zero-order valence-corrected chi connectivity index (χ0v) is 14.7. The molecule has 0 aromatic carbocycles. The van der Waals surface area contributed by atoms with Gasteiger partial charge in [0, 0.05) is 29.1 Å². The van der Waals surface area contributed by atoms with Crippen molar-refractivity contribution >= 4 is 5.78 Å². The van der Waals surface area contributed by atoms with Gasteiger partial charge in [-0.3, -0.25) is 4.79 Å². The predicted octanol–water partition coefficient (Wildman–Crippen LogP) is 3.84. The van der Waals surface area contributed by atoms with Crippen molar-refractivity contribution in [2.75, 3.05) is 0 Å². The van der Waals surface area contributed by atoms with Gasteiger partial charge in [-0.25, -0.2) is 0 Å². The molecule has 1 rings (SSSR count). The van der Waals surface area contributed by atoms with Gasteiger partial charge in [-0.1, -0.05) is 41.5 Å². The molecule has 0 fully saturated rings. The van der Waals surface area contributed by atoms with Gasteiger partial charge in [-0.2, -0.15) is 15.8 Å². The number of rotatable bonds is 2. The van der Waals surface area contributed by atoms with Crippen molar-refractivity contribution in [2.24, 2.45) is 11.3 Å². The average molecular weight is 312 g/mol. The standard InChI is InChI=1S/C9H12N2O.C9H12N2/c1-9(2,3)8(12)4-7(5-10)6-11;1-9(2,3)8-4-7(5-10)6-11-8/h7H,4H2,1-3H3;4,6,11H,1-3H3. The number of ketones is 1. The summed E-state index contributed by atoms with van der Waals surface area (Å²) in [5, 5.41) is 25.4. The summed E-state index contributed by atoms with van der Waals surface area (Å²) in [6, 6.07) is 7.52. The normalized spacial score (nSPS) is 10.8. The van der Waals surface area contributed by atoms with E-state index < -0.39 is 11.3 Å². The second-order valence-electron chi connectivity index (χ2n) is 7.35. The lowest BCUT2D eigenvalue weighted by Crippen LogP contribution is -2.22. The minimum Gasteiger partial charge on any atom is -0.363 e. The first-order valence-corrected chi connectivity index (χ1v) is 7.37. The minimum atomic E-state index is -0.795. The van der Waals surface area contributed by atoms with Crippen molar-refractivity contribution in [1.29, 1.82) is 15.8 Å². The zero-order valence-electron chi connectivity index (χ0n) is 14.7. The van der Waals surface area contributed by atoms with Crippen LogP contribution in [0.3, 0.4) is 0 Å². The molecule has 0 saturated heterocycles. The molecule has 1 N–H and O–H groups in total. The molecule has 5 nitrogen and oxygen atoms in total. The molecule has 0 unspecified atom stereocenters. The summed E-state index contributed by atoms with van der Waals surface area (Å²) in [4.78, 5) is 14.4. The highest BCUT2D eigenvalue weighted by molar-refractivity contribution is 5.84. The lowest BCUT2D eigenvalue weighted by molar-refractivity contribution is -0.126. The van der Waals surface area contributed by atoms with Crippen LogP contribution in [0.4, 0.5) is 0 Å². The molecular weight excluding hydrogens is 288 g/mol. The van der Waals surface area contributed by atoms with Gasteiger partial charge in [0.15, 0.2) is 0 Å². The van der Waals surface area contributed by atoms with E-state index in [4.69, 9.17) is 15.8 Å². The SMILES string of the molecule is CC(C)(C)C(=O)CC(C#N)C#N.CC(C)(C)c1cc(C#N)c[nH]1. The van der Waals surface area contributed by atoms with Crippen molar-refractivity contribution in [3.05, 3.63) is 23.5 Å². The number of carbonyl (C=O) groups is 1. The number of nitriles is 3. The van der Waals surface area contributed by atoms with Crippen molar-refractivity contribution in [1.82, 2.24) is 4.98 Å². The maximum absolute atomic E-state index is 11.3. The Morgan fingerprint density at radius 1 is 1.13 bits per heavy atom. The number of carbonyl (C=O) groups excluding carboxylic acids is 1. The summed E-state index contributed by atoms with van der Waals surface area (Å²) < 4.78 is 0. The first-order chi connectivity index (χ1) is 10.5. The highest BCUT2D eigenvalue weighted by Gasteiger charge is 2.24. The summed E-state index contributed by atoms with van der Waals surface area (Å²) in [7, 11) is 0. The van der Waals surface area contributed by atoms with Crippen LogP contribution in [0.2, 0.25) is 0 Å². The Labute approximate surface area is 138 Å². The average Bonchev–Trinajstić information content (AvgIpc) is 2.93. The van der Waals surface area contributed by atoms with Crippen LogP contribution in [0.5, 0.6) is 0 Å². The Morgan fingerprint density at radius 3 is 1.91 bits per heavy atom. The molecular formula is C18H24N4O. The molecule has 0 bridgehead atoms. The summed E-state index contributed by atoms with van der Waals surface area (Å²) in [6.07, 6.45) is 1.77. The fourth-order valence-corrected chi connectivity index (χ4v) is 1.50. The number of nitrogens with zero attached hydrogens (tertiary/aromatic N) is 3. The molecule has 0 aliphatic rings. The zero-order chi connectivity index (χ0) is 18.3. The molecule has 0 saturated carbocycles. The van der Waals surface area contributed by atoms with Gasteiger partial charge in [-0.15, -0.1) is 0 Å². The maximum atomic E-state index is 11.3. The van der Waals surface area contributed by atoms with E-state index in [1.165, 1.54) is 0 Å². The number of aromatic nitrogens is 1. The molecule has 0 spiro atoms. The van der Waals surface area contributed by atoms with Gasteiger partial charge in [0.05, 0.1) is 17.7 Å². The molecule has 1 heterocycles. The Bertz CT molecular complexity index is 637. The number of H-pyrrole nitrogens is 1. The van der Waals surface area contributed by atoms with Crippen molar-refractivity contribution < 1.29 is 4.79 Å². The van der Waals surface area contributed by atoms with Crippen LogP contribution in [0.1, 0.15) is 59.2 Å². The smallest absolute Gasteiger partial charge is 0.140 e. The maximum Gasteiger partial charge on any atom is 0.140 e. The molecule has 0 aliphatic heterocycles. The highest BCUT2D eigenvalue weighted by Crippen LogP contribution is 2.21. The second kappa shape index (κ2) is 8.16. The Morgan fingerprint density at radius 2 is 1.65 bits per heavy atom. The molecule has 1 aromatic heterocycles. The quantitative estimate of drug-likeness (QED) is 0.895. The second-order valence-corrected chi connectivity index (χ2v) is 7.35. The van der Waals surface area contributed by atoms with Crippen molar-refractivity contribution in [2.45, 2.75) is 53.4 Å². The third kappa shape index (κ3) is 7.30. The summed E-state index contributed by atoms with van der Waals surface area (Å²) >= 11 is 0. The van der Waals surface area contributed by atoms with Gasteiger partial charge in [0.25, 0.3) is 0 Å². The number of hydrogen-bond acceptors (Lipinski definition) is 4. The Balaban J connectivity index is 0.000000422. The van der Waals surface area contributed by atoms with Crippen LogP contribution >= 0.6 is 0 Å².